The summed E-state index contributed by atoms with van der Waals surface area (Å²) in [6.45, 7) is 4.83. The molecule has 2 fully saturated rings. The van der Waals surface area contributed by atoms with Crippen molar-refractivity contribution in [2.24, 2.45) is 11.7 Å². The maximum absolute atomic E-state index is 11.8. The molecule has 5 heteroatoms. The van der Waals surface area contributed by atoms with Crippen molar-refractivity contribution >= 4 is 23.1 Å². The van der Waals surface area contributed by atoms with E-state index in [4.69, 9.17) is 18.0 Å². The molecule has 2 aliphatic rings. The first-order chi connectivity index (χ1) is 10.1. The molecule has 2 unspecified atom stereocenters. The van der Waals surface area contributed by atoms with E-state index in [2.05, 4.69) is 29.3 Å². The summed E-state index contributed by atoms with van der Waals surface area (Å²) in [5, 5.41) is 3.00. The number of likely N-dealkylation sites (tertiary alicyclic amines) is 1. The Kier molecular flexibility index (Phi) is 3.95. The van der Waals surface area contributed by atoms with E-state index in [1.807, 2.05) is 6.07 Å². The van der Waals surface area contributed by atoms with Crippen molar-refractivity contribution < 1.29 is 4.79 Å². The molecule has 0 saturated carbocycles. The minimum absolute atomic E-state index is 0.176. The van der Waals surface area contributed by atoms with Gasteiger partial charge in [-0.3, -0.25) is 9.69 Å². The van der Waals surface area contributed by atoms with Gasteiger partial charge in [0.2, 0.25) is 5.91 Å². The van der Waals surface area contributed by atoms with Gasteiger partial charge in [-0.1, -0.05) is 24.4 Å². The largest absolute Gasteiger partial charge is 0.389 e. The topological polar surface area (TPSA) is 58.4 Å². The van der Waals surface area contributed by atoms with Gasteiger partial charge in [0, 0.05) is 24.7 Å². The van der Waals surface area contributed by atoms with Gasteiger partial charge in [-0.25, -0.2) is 0 Å². The zero-order valence-corrected chi connectivity index (χ0v) is 13.1. The summed E-state index contributed by atoms with van der Waals surface area (Å²) in [5.74, 6) is 0.403. The van der Waals surface area contributed by atoms with Crippen LogP contribution in [0.25, 0.3) is 0 Å². The van der Waals surface area contributed by atoms with Crippen LogP contribution < -0.4 is 11.1 Å². The Balaban J connectivity index is 1.77. The smallest absolute Gasteiger partial charge is 0.224 e. The highest BCUT2D eigenvalue weighted by atomic mass is 32.1. The van der Waals surface area contributed by atoms with Crippen LogP contribution in [0.4, 0.5) is 0 Å². The van der Waals surface area contributed by atoms with E-state index < -0.39 is 0 Å². The molecule has 1 amide bonds. The number of fused-ring (bicyclic) bond motifs is 1. The van der Waals surface area contributed by atoms with E-state index >= 15 is 0 Å². The van der Waals surface area contributed by atoms with Crippen LogP contribution in [0.1, 0.15) is 29.5 Å². The highest BCUT2D eigenvalue weighted by Crippen LogP contribution is 2.29. The molecule has 21 heavy (non-hydrogen) atoms. The number of carbonyl (C=O) groups excluding carboxylic acids is 1. The van der Waals surface area contributed by atoms with Gasteiger partial charge in [0.15, 0.2) is 0 Å². The first-order valence-corrected chi connectivity index (χ1v) is 7.88. The highest BCUT2D eigenvalue weighted by Gasteiger charge is 2.40. The minimum atomic E-state index is 0.176. The van der Waals surface area contributed by atoms with E-state index in [0.29, 0.717) is 11.0 Å². The van der Waals surface area contributed by atoms with E-state index in [1.165, 1.54) is 11.1 Å². The fourth-order valence-corrected chi connectivity index (χ4v) is 3.61. The molecule has 2 heterocycles. The summed E-state index contributed by atoms with van der Waals surface area (Å²) in [5.41, 5.74) is 9.09. The molecular weight excluding hydrogens is 282 g/mol. The number of aryl methyl sites for hydroxylation is 1. The molecule has 3 rings (SSSR count). The van der Waals surface area contributed by atoms with Crippen molar-refractivity contribution in [1.82, 2.24) is 10.2 Å². The first kappa shape index (κ1) is 14.5. The first-order valence-electron chi connectivity index (χ1n) is 7.47. The second-order valence-electron chi connectivity index (χ2n) is 6.04. The van der Waals surface area contributed by atoms with Crippen molar-refractivity contribution in [3.8, 4) is 0 Å². The molecule has 0 spiro atoms. The Hall–Kier alpha value is -1.46. The van der Waals surface area contributed by atoms with Gasteiger partial charge in [0.05, 0.1) is 5.92 Å². The molecule has 1 aromatic carbocycles. The number of hydrogen-bond donors (Lipinski definition) is 2. The SMILES string of the molecule is Cc1cc(C(N)=S)ccc1CN1CCCC2C(=O)NCC21. The van der Waals surface area contributed by atoms with Gasteiger partial charge in [-0.15, -0.1) is 0 Å². The highest BCUT2D eigenvalue weighted by molar-refractivity contribution is 7.80. The van der Waals surface area contributed by atoms with Gasteiger partial charge in [0.1, 0.15) is 4.99 Å². The monoisotopic (exact) mass is 303 g/mol. The van der Waals surface area contributed by atoms with Crippen LogP contribution in [0.15, 0.2) is 18.2 Å². The van der Waals surface area contributed by atoms with Crippen LogP contribution in [0.2, 0.25) is 0 Å². The Bertz CT molecular complexity index is 587. The third-order valence-electron chi connectivity index (χ3n) is 4.72. The third kappa shape index (κ3) is 2.80. The molecular formula is C16H21N3OS. The van der Waals surface area contributed by atoms with Crippen LogP contribution in [0.3, 0.4) is 0 Å². The standard InChI is InChI=1S/C16H21N3OS/c1-10-7-11(15(17)21)4-5-12(10)9-19-6-2-3-13-14(19)8-18-16(13)20/h4-5,7,13-14H,2-3,6,8-9H2,1H3,(H2,17,21)(H,18,20). The van der Waals surface area contributed by atoms with Gasteiger partial charge in [-0.05, 0) is 43.5 Å². The van der Waals surface area contributed by atoms with Crippen LogP contribution in [-0.4, -0.2) is 34.9 Å². The van der Waals surface area contributed by atoms with Gasteiger partial charge in [-0.2, -0.15) is 0 Å². The number of nitrogens with two attached hydrogens (primary N) is 1. The van der Waals surface area contributed by atoms with Crippen molar-refractivity contribution in [1.29, 1.82) is 0 Å². The van der Waals surface area contributed by atoms with Crippen LogP contribution >= 0.6 is 12.2 Å². The number of amides is 1. The maximum atomic E-state index is 11.8. The molecule has 0 radical (unpaired) electrons. The van der Waals surface area contributed by atoms with Crippen molar-refractivity contribution in [3.63, 3.8) is 0 Å². The molecule has 0 bridgehead atoms. The Morgan fingerprint density at radius 2 is 2.33 bits per heavy atom. The lowest BCUT2D eigenvalue weighted by Gasteiger charge is -2.36. The van der Waals surface area contributed by atoms with Crippen LogP contribution in [0.5, 0.6) is 0 Å². The second-order valence-corrected chi connectivity index (χ2v) is 6.48. The van der Waals surface area contributed by atoms with Gasteiger partial charge in [0.25, 0.3) is 0 Å². The summed E-state index contributed by atoms with van der Waals surface area (Å²) in [6, 6.07) is 6.50. The maximum Gasteiger partial charge on any atom is 0.224 e. The number of hydrogen-bond acceptors (Lipinski definition) is 3. The van der Waals surface area contributed by atoms with Gasteiger partial charge >= 0.3 is 0 Å². The molecule has 112 valence electrons. The molecule has 2 aliphatic heterocycles. The summed E-state index contributed by atoms with van der Waals surface area (Å²) in [7, 11) is 0. The summed E-state index contributed by atoms with van der Waals surface area (Å²) >= 11 is 5.02. The molecule has 4 nitrogen and oxygen atoms in total. The second kappa shape index (κ2) is 5.73. The lowest BCUT2D eigenvalue weighted by Crippen LogP contribution is -2.45. The molecule has 2 atom stereocenters. The fraction of sp³-hybridized carbons (Fsp3) is 0.500. The van der Waals surface area contributed by atoms with Crippen molar-refractivity contribution in [3.05, 3.63) is 34.9 Å². The molecule has 0 aliphatic carbocycles. The average Bonchev–Trinajstić information content (AvgIpc) is 2.84. The van der Waals surface area contributed by atoms with E-state index in [9.17, 15) is 4.79 Å². The average molecular weight is 303 g/mol. The lowest BCUT2D eigenvalue weighted by atomic mass is 9.91. The zero-order chi connectivity index (χ0) is 15.0. The Labute approximate surface area is 130 Å². The predicted molar refractivity (Wildman–Crippen MR) is 87.0 cm³/mol. The summed E-state index contributed by atoms with van der Waals surface area (Å²) in [4.78, 5) is 14.7. The number of rotatable bonds is 3. The molecule has 0 aromatic heterocycles. The molecule has 2 saturated heterocycles. The van der Waals surface area contributed by atoms with E-state index in [-0.39, 0.29) is 11.8 Å². The van der Waals surface area contributed by atoms with E-state index in [1.54, 1.807) is 0 Å². The summed E-state index contributed by atoms with van der Waals surface area (Å²) < 4.78 is 0. The zero-order valence-electron chi connectivity index (χ0n) is 12.3. The molecule has 3 N–H and O–H groups in total. The number of nitrogens with one attached hydrogen (secondary N) is 1. The summed E-state index contributed by atoms with van der Waals surface area (Å²) in [6.07, 6.45) is 2.12. The number of benzene rings is 1. The Morgan fingerprint density at radius 3 is 3.05 bits per heavy atom. The normalized spacial score (nSPS) is 25.5. The van der Waals surface area contributed by atoms with Crippen molar-refractivity contribution in [2.45, 2.75) is 32.4 Å². The number of thiocarbonyl (C=S) groups is 1. The number of nitrogens with zero attached hydrogens (tertiary/aromatic N) is 1. The predicted octanol–water partition coefficient (Wildman–Crippen LogP) is 1.34. The number of carbonyl (C=O) groups is 1. The van der Waals surface area contributed by atoms with Crippen LogP contribution in [-0.2, 0) is 11.3 Å². The molecule has 1 aromatic rings. The third-order valence-corrected chi connectivity index (χ3v) is 4.95. The van der Waals surface area contributed by atoms with Gasteiger partial charge < -0.3 is 11.1 Å². The minimum Gasteiger partial charge on any atom is -0.389 e. The lowest BCUT2D eigenvalue weighted by molar-refractivity contribution is -0.124. The Morgan fingerprint density at radius 1 is 1.52 bits per heavy atom. The van der Waals surface area contributed by atoms with E-state index in [0.717, 1.165) is 38.0 Å². The number of piperidine rings is 1. The van der Waals surface area contributed by atoms with Crippen LogP contribution in [0, 0.1) is 12.8 Å². The fourth-order valence-electron chi connectivity index (χ4n) is 3.48. The van der Waals surface area contributed by atoms with Crippen molar-refractivity contribution in [2.75, 3.05) is 13.1 Å². The quantitative estimate of drug-likeness (QED) is 0.827.